The van der Waals surface area contributed by atoms with Gasteiger partial charge in [-0.25, -0.2) is 9.37 Å². The number of rotatable bonds is 4. The lowest BCUT2D eigenvalue weighted by atomic mass is 10.1. The smallest absolute Gasteiger partial charge is 0.123 e. The van der Waals surface area contributed by atoms with Crippen molar-refractivity contribution in [2.24, 2.45) is 0 Å². The van der Waals surface area contributed by atoms with Gasteiger partial charge in [0.25, 0.3) is 0 Å². The summed E-state index contributed by atoms with van der Waals surface area (Å²) in [4.78, 5) is 4.19. The Kier molecular flexibility index (Phi) is 3.97. The van der Waals surface area contributed by atoms with Crippen LogP contribution in [0.25, 0.3) is 0 Å². The number of hydrogen-bond acceptors (Lipinski definition) is 2. The Balaban J connectivity index is 1.78. The lowest BCUT2D eigenvalue weighted by Gasteiger charge is -2.09. The van der Waals surface area contributed by atoms with Crippen molar-refractivity contribution in [1.82, 2.24) is 9.55 Å². The Bertz CT molecular complexity index is 813. The van der Waals surface area contributed by atoms with E-state index < -0.39 is 0 Å². The SMILES string of the molecule is N#Cc1ccc(Cn2cncc2Cc2cccc(F)c2)cc1. The van der Waals surface area contributed by atoms with Crippen molar-refractivity contribution in [3.63, 3.8) is 0 Å². The van der Waals surface area contributed by atoms with E-state index in [-0.39, 0.29) is 5.82 Å². The van der Waals surface area contributed by atoms with Gasteiger partial charge in [-0.2, -0.15) is 5.26 Å². The van der Waals surface area contributed by atoms with Crippen molar-refractivity contribution in [2.75, 3.05) is 0 Å². The molecule has 3 nitrogen and oxygen atoms in total. The second-order valence-electron chi connectivity index (χ2n) is 5.13. The molecule has 22 heavy (non-hydrogen) atoms. The Labute approximate surface area is 128 Å². The highest BCUT2D eigenvalue weighted by molar-refractivity contribution is 5.32. The van der Waals surface area contributed by atoms with E-state index in [1.54, 1.807) is 36.8 Å². The fourth-order valence-corrected chi connectivity index (χ4v) is 2.38. The lowest BCUT2D eigenvalue weighted by molar-refractivity contribution is 0.625. The third-order valence-electron chi connectivity index (χ3n) is 3.51. The van der Waals surface area contributed by atoms with Gasteiger partial charge in [-0.15, -0.1) is 0 Å². The van der Waals surface area contributed by atoms with Gasteiger partial charge in [0.1, 0.15) is 5.82 Å². The molecule has 0 aliphatic rings. The molecule has 0 atom stereocenters. The lowest BCUT2D eigenvalue weighted by Crippen LogP contribution is -2.04. The first kappa shape index (κ1) is 14.0. The van der Waals surface area contributed by atoms with E-state index in [9.17, 15) is 4.39 Å². The van der Waals surface area contributed by atoms with Crippen LogP contribution in [0.15, 0.2) is 61.1 Å². The topological polar surface area (TPSA) is 41.6 Å². The minimum atomic E-state index is -0.226. The summed E-state index contributed by atoms with van der Waals surface area (Å²) in [6.07, 6.45) is 4.20. The van der Waals surface area contributed by atoms with E-state index in [0.29, 0.717) is 18.5 Å². The molecule has 0 bridgehead atoms. The van der Waals surface area contributed by atoms with Gasteiger partial charge in [-0.1, -0.05) is 24.3 Å². The van der Waals surface area contributed by atoms with Crippen molar-refractivity contribution < 1.29 is 4.39 Å². The van der Waals surface area contributed by atoms with Crippen molar-refractivity contribution in [2.45, 2.75) is 13.0 Å². The van der Waals surface area contributed by atoms with Crippen LogP contribution in [0.3, 0.4) is 0 Å². The minimum Gasteiger partial charge on any atom is -0.330 e. The molecular weight excluding hydrogens is 277 g/mol. The normalized spacial score (nSPS) is 10.4. The molecular formula is C18H14FN3. The quantitative estimate of drug-likeness (QED) is 0.738. The van der Waals surface area contributed by atoms with E-state index in [4.69, 9.17) is 5.26 Å². The van der Waals surface area contributed by atoms with E-state index >= 15 is 0 Å². The highest BCUT2D eigenvalue weighted by Crippen LogP contribution is 2.13. The van der Waals surface area contributed by atoms with Crippen LogP contribution >= 0.6 is 0 Å². The van der Waals surface area contributed by atoms with Gasteiger partial charge >= 0.3 is 0 Å². The second kappa shape index (κ2) is 6.23. The number of hydrogen-bond donors (Lipinski definition) is 0. The Hall–Kier alpha value is -2.93. The predicted octanol–water partition coefficient (Wildman–Crippen LogP) is 3.53. The molecule has 0 spiro atoms. The Morgan fingerprint density at radius 2 is 1.91 bits per heavy atom. The minimum absolute atomic E-state index is 0.226. The molecule has 4 heteroatoms. The highest BCUT2D eigenvalue weighted by Gasteiger charge is 2.05. The molecule has 0 saturated carbocycles. The number of halogens is 1. The third-order valence-corrected chi connectivity index (χ3v) is 3.51. The summed E-state index contributed by atoms with van der Waals surface area (Å²) in [5, 5.41) is 8.82. The summed E-state index contributed by atoms with van der Waals surface area (Å²) in [6, 6.07) is 16.2. The second-order valence-corrected chi connectivity index (χ2v) is 5.13. The molecule has 1 heterocycles. The Morgan fingerprint density at radius 3 is 2.64 bits per heavy atom. The largest absolute Gasteiger partial charge is 0.330 e. The van der Waals surface area contributed by atoms with Gasteiger partial charge in [-0.05, 0) is 35.4 Å². The molecule has 0 radical (unpaired) electrons. The average Bonchev–Trinajstić information content (AvgIpc) is 2.95. The molecule has 0 unspecified atom stereocenters. The highest BCUT2D eigenvalue weighted by atomic mass is 19.1. The van der Waals surface area contributed by atoms with Gasteiger partial charge in [-0.3, -0.25) is 0 Å². The first-order chi connectivity index (χ1) is 10.7. The zero-order valence-corrected chi connectivity index (χ0v) is 11.9. The third kappa shape index (κ3) is 3.21. The molecule has 0 N–H and O–H groups in total. The van der Waals surface area contributed by atoms with Crippen LogP contribution in [-0.4, -0.2) is 9.55 Å². The summed E-state index contributed by atoms with van der Waals surface area (Å²) in [5.41, 5.74) is 3.68. The summed E-state index contributed by atoms with van der Waals surface area (Å²) in [5.74, 6) is -0.226. The number of aromatic nitrogens is 2. The summed E-state index contributed by atoms with van der Waals surface area (Å²) < 4.78 is 15.3. The fourth-order valence-electron chi connectivity index (χ4n) is 2.38. The molecule has 3 rings (SSSR count). The van der Waals surface area contributed by atoms with E-state index in [2.05, 4.69) is 11.1 Å². The van der Waals surface area contributed by atoms with Crippen LogP contribution in [0.2, 0.25) is 0 Å². The number of nitriles is 1. The average molecular weight is 291 g/mol. The zero-order chi connectivity index (χ0) is 15.4. The van der Waals surface area contributed by atoms with Gasteiger partial charge in [0.15, 0.2) is 0 Å². The summed E-state index contributed by atoms with van der Waals surface area (Å²) in [7, 11) is 0. The van der Waals surface area contributed by atoms with Crippen LogP contribution in [0.4, 0.5) is 4.39 Å². The van der Waals surface area contributed by atoms with Crippen molar-refractivity contribution in [1.29, 1.82) is 5.26 Å². The standard InChI is InChI=1S/C18H14FN3/c19-17-3-1-2-16(8-17)9-18-11-21-13-22(18)12-15-6-4-14(10-20)5-7-15/h1-8,11,13H,9,12H2. The first-order valence-electron chi connectivity index (χ1n) is 6.97. The van der Waals surface area contributed by atoms with Crippen LogP contribution < -0.4 is 0 Å². The zero-order valence-electron chi connectivity index (χ0n) is 11.9. The van der Waals surface area contributed by atoms with Crippen molar-refractivity contribution in [3.8, 4) is 6.07 Å². The fraction of sp³-hybridized carbons (Fsp3) is 0.111. The van der Waals surface area contributed by atoms with Gasteiger partial charge in [0.2, 0.25) is 0 Å². The molecule has 1 aromatic heterocycles. The maximum Gasteiger partial charge on any atom is 0.123 e. The first-order valence-corrected chi connectivity index (χ1v) is 6.97. The maximum atomic E-state index is 13.3. The van der Waals surface area contributed by atoms with Crippen molar-refractivity contribution in [3.05, 3.63) is 89.3 Å². The molecule has 108 valence electrons. The molecule has 0 aliphatic heterocycles. The van der Waals surface area contributed by atoms with Gasteiger partial charge < -0.3 is 4.57 Å². The van der Waals surface area contributed by atoms with Gasteiger partial charge in [0.05, 0.1) is 18.0 Å². The molecule has 0 amide bonds. The van der Waals surface area contributed by atoms with Crippen LogP contribution in [0.1, 0.15) is 22.4 Å². The monoisotopic (exact) mass is 291 g/mol. The summed E-state index contributed by atoms with van der Waals surface area (Å²) in [6.45, 7) is 0.677. The van der Waals surface area contributed by atoms with E-state index in [1.165, 1.54) is 6.07 Å². The van der Waals surface area contributed by atoms with E-state index in [0.717, 1.165) is 16.8 Å². The predicted molar refractivity (Wildman–Crippen MR) is 81.7 cm³/mol. The van der Waals surface area contributed by atoms with Crippen LogP contribution in [0.5, 0.6) is 0 Å². The molecule has 0 aliphatic carbocycles. The molecule has 3 aromatic rings. The van der Waals surface area contributed by atoms with Crippen molar-refractivity contribution >= 4 is 0 Å². The summed E-state index contributed by atoms with van der Waals surface area (Å²) >= 11 is 0. The maximum absolute atomic E-state index is 13.3. The Morgan fingerprint density at radius 1 is 1.09 bits per heavy atom. The molecule has 0 saturated heterocycles. The van der Waals surface area contributed by atoms with E-state index in [1.807, 2.05) is 22.8 Å². The number of nitrogens with zero attached hydrogens (tertiary/aromatic N) is 3. The molecule has 2 aromatic carbocycles. The van der Waals surface area contributed by atoms with Crippen LogP contribution in [0, 0.1) is 17.1 Å². The number of benzene rings is 2. The van der Waals surface area contributed by atoms with Crippen LogP contribution in [-0.2, 0) is 13.0 Å². The molecule has 0 fully saturated rings. The van der Waals surface area contributed by atoms with Gasteiger partial charge in [0, 0.05) is 24.9 Å². The number of imidazole rings is 1.